The van der Waals surface area contributed by atoms with Crippen molar-refractivity contribution in [1.82, 2.24) is 34.1 Å². The highest BCUT2D eigenvalue weighted by Gasteiger charge is 2.42. The van der Waals surface area contributed by atoms with Gasteiger partial charge in [-0.2, -0.15) is 27.0 Å². The maximum absolute atomic E-state index is 14.0. The van der Waals surface area contributed by atoms with Crippen LogP contribution >= 0.6 is 22.9 Å². The number of nitrogens with one attached hydrogen (secondary N) is 2. The molecular formula is C27H24ClF3N8O2S2. The molecule has 2 aliphatic heterocycles. The van der Waals surface area contributed by atoms with Crippen molar-refractivity contribution in [3.05, 3.63) is 105 Å². The van der Waals surface area contributed by atoms with Crippen molar-refractivity contribution < 1.29 is 21.6 Å². The van der Waals surface area contributed by atoms with E-state index in [0.29, 0.717) is 38.8 Å². The van der Waals surface area contributed by atoms with Gasteiger partial charge in [0.05, 0.1) is 5.69 Å². The van der Waals surface area contributed by atoms with Gasteiger partial charge in [0.1, 0.15) is 11.9 Å². The van der Waals surface area contributed by atoms with Gasteiger partial charge in [-0.05, 0) is 30.3 Å². The zero-order valence-corrected chi connectivity index (χ0v) is 24.6. The number of nitrogens with zero attached hydrogens (tertiary/aromatic N) is 6. The van der Waals surface area contributed by atoms with Crippen molar-refractivity contribution >= 4 is 44.6 Å². The van der Waals surface area contributed by atoms with Crippen molar-refractivity contribution in [3.63, 3.8) is 0 Å². The summed E-state index contributed by atoms with van der Waals surface area (Å²) in [5.74, 6) is -0.0883. The number of thiazole rings is 1. The van der Waals surface area contributed by atoms with E-state index in [1.165, 1.54) is 29.5 Å². The summed E-state index contributed by atoms with van der Waals surface area (Å²) in [4.78, 5) is 15.4. The van der Waals surface area contributed by atoms with Gasteiger partial charge in [-0.25, -0.2) is 18.8 Å². The van der Waals surface area contributed by atoms with E-state index in [9.17, 15) is 21.6 Å². The first-order valence-electron chi connectivity index (χ1n) is 13.1. The lowest BCUT2D eigenvalue weighted by Gasteiger charge is -2.32. The Labute approximate surface area is 254 Å². The largest absolute Gasteiger partial charge is 0.333 e. The van der Waals surface area contributed by atoms with E-state index in [-0.39, 0.29) is 30.2 Å². The Bertz CT molecular complexity index is 1780. The molecule has 5 heterocycles. The van der Waals surface area contributed by atoms with Crippen molar-refractivity contribution in [2.45, 2.75) is 31.5 Å². The van der Waals surface area contributed by atoms with Crippen LogP contribution in [0.15, 0.2) is 77.1 Å². The van der Waals surface area contributed by atoms with Crippen molar-refractivity contribution in [2.24, 2.45) is 4.99 Å². The predicted octanol–water partition coefficient (Wildman–Crippen LogP) is 4.58. The summed E-state index contributed by atoms with van der Waals surface area (Å²) < 4.78 is 72.9. The number of halogens is 4. The summed E-state index contributed by atoms with van der Waals surface area (Å²) in [5, 5.41) is 6.54. The lowest BCUT2D eigenvalue weighted by Crippen LogP contribution is -2.45. The number of amidine groups is 1. The minimum Gasteiger partial charge on any atom is -0.326 e. The molecule has 224 valence electrons. The number of aromatic nitrogens is 4. The molecule has 2 aliphatic rings. The average molecular weight is 649 g/mol. The number of fused-ring (bicyclic) bond motifs is 1. The first-order chi connectivity index (χ1) is 20.7. The van der Waals surface area contributed by atoms with E-state index in [4.69, 9.17) is 16.6 Å². The maximum atomic E-state index is 14.0. The van der Waals surface area contributed by atoms with Crippen LogP contribution in [0, 0.1) is 5.82 Å². The van der Waals surface area contributed by atoms with Gasteiger partial charge in [-0.1, -0.05) is 23.7 Å². The second-order valence-corrected chi connectivity index (χ2v) is 12.6. The molecule has 10 nitrogen and oxygen atoms in total. The number of benzene rings is 1. The van der Waals surface area contributed by atoms with Gasteiger partial charge in [0.15, 0.2) is 10.8 Å². The van der Waals surface area contributed by atoms with E-state index >= 15 is 0 Å². The summed E-state index contributed by atoms with van der Waals surface area (Å²) >= 11 is 7.82. The Kier molecular flexibility index (Phi) is 8.33. The van der Waals surface area contributed by atoms with Crippen LogP contribution < -0.4 is 9.44 Å². The quantitative estimate of drug-likeness (QED) is 0.260. The molecule has 2 atom stereocenters. The van der Waals surface area contributed by atoms with E-state index in [0.717, 1.165) is 18.0 Å². The zero-order valence-electron chi connectivity index (χ0n) is 22.2. The molecule has 4 aromatic rings. The monoisotopic (exact) mass is 648 g/mol. The summed E-state index contributed by atoms with van der Waals surface area (Å²) in [6.07, 6.45) is 5.01. The molecule has 0 spiro atoms. The molecule has 1 aromatic carbocycles. The first-order valence-corrected chi connectivity index (χ1v) is 15.9. The third kappa shape index (κ3) is 6.35. The van der Waals surface area contributed by atoms with Crippen LogP contribution in [-0.2, 0) is 16.6 Å². The van der Waals surface area contributed by atoms with Crippen molar-refractivity contribution in [1.29, 1.82) is 0 Å². The topological polar surface area (TPSA) is 117 Å². The second-order valence-electron chi connectivity index (χ2n) is 9.78. The third-order valence-electron chi connectivity index (χ3n) is 6.95. The molecule has 1 saturated heterocycles. The molecule has 6 rings (SSSR count). The van der Waals surface area contributed by atoms with Gasteiger partial charge >= 0.3 is 6.55 Å². The molecule has 0 saturated carbocycles. The second kappa shape index (κ2) is 12.2. The summed E-state index contributed by atoms with van der Waals surface area (Å²) in [6.45, 7) is -2.54. The highest BCUT2D eigenvalue weighted by atomic mass is 35.5. The third-order valence-corrected chi connectivity index (χ3v) is 9.27. The summed E-state index contributed by atoms with van der Waals surface area (Å²) in [7, 11) is -3.93. The van der Waals surface area contributed by atoms with E-state index in [1.807, 2.05) is 17.0 Å². The van der Waals surface area contributed by atoms with E-state index < -0.39 is 34.7 Å². The molecule has 0 radical (unpaired) electrons. The predicted molar refractivity (Wildman–Crippen MR) is 156 cm³/mol. The molecule has 0 bridgehead atoms. The Morgan fingerprint density at radius 3 is 2.70 bits per heavy atom. The molecule has 3 aromatic heterocycles. The number of alkyl halides is 2. The number of rotatable bonds is 10. The minimum atomic E-state index is -3.93. The van der Waals surface area contributed by atoms with Crippen LogP contribution in [-0.4, -0.2) is 58.0 Å². The summed E-state index contributed by atoms with van der Waals surface area (Å²) in [5.41, 5.74) is 2.47. The lowest BCUT2D eigenvalue weighted by atomic mass is 9.92. The highest BCUT2D eigenvalue weighted by Crippen LogP contribution is 2.46. The smallest absolute Gasteiger partial charge is 0.326 e. The van der Waals surface area contributed by atoms with E-state index in [2.05, 4.69) is 24.5 Å². The van der Waals surface area contributed by atoms with Crippen LogP contribution in [0.4, 0.5) is 13.2 Å². The van der Waals surface area contributed by atoms with Crippen LogP contribution in [0.2, 0.25) is 5.02 Å². The Hall–Kier alpha value is -3.63. The van der Waals surface area contributed by atoms with Crippen LogP contribution in [0.3, 0.4) is 0 Å². The molecule has 2 N–H and O–H groups in total. The van der Waals surface area contributed by atoms with Crippen LogP contribution in [0.25, 0.3) is 5.57 Å². The normalized spacial score (nSPS) is 18.8. The fourth-order valence-corrected chi connectivity index (χ4v) is 7.12. The van der Waals surface area contributed by atoms with Gasteiger partial charge in [0, 0.05) is 83.5 Å². The number of pyridine rings is 1. The average Bonchev–Trinajstić information content (AvgIpc) is 3.74. The first kappa shape index (κ1) is 29.4. The molecule has 0 amide bonds. The van der Waals surface area contributed by atoms with Crippen molar-refractivity contribution in [3.8, 4) is 0 Å². The SMILES string of the molecule is O=S(=O)(NCCc1ccccn1)N[C@H]1CC2=C(c3ccn(C(F)F)n3)[C@H](c3ccc(F)cc3Cl)N=C(c3nccs3)N2C1. The highest BCUT2D eigenvalue weighted by molar-refractivity contribution is 7.87. The Morgan fingerprint density at radius 2 is 2.00 bits per heavy atom. The molecule has 43 heavy (non-hydrogen) atoms. The molecule has 16 heteroatoms. The number of aliphatic imine (C=N–C) groups is 1. The van der Waals surface area contributed by atoms with Crippen LogP contribution in [0.5, 0.6) is 0 Å². The Balaban J connectivity index is 1.37. The van der Waals surface area contributed by atoms with Gasteiger partial charge in [0.2, 0.25) is 0 Å². The van der Waals surface area contributed by atoms with Gasteiger partial charge in [-0.15, -0.1) is 11.3 Å². The fourth-order valence-electron chi connectivity index (χ4n) is 5.15. The Morgan fingerprint density at radius 1 is 1.14 bits per heavy atom. The number of hydrogen-bond acceptors (Lipinski definition) is 8. The van der Waals surface area contributed by atoms with Gasteiger partial charge in [-0.3, -0.25) is 9.98 Å². The van der Waals surface area contributed by atoms with Crippen LogP contribution in [0.1, 0.15) is 41.0 Å². The maximum Gasteiger partial charge on any atom is 0.333 e. The minimum absolute atomic E-state index is 0.0967. The zero-order chi connectivity index (χ0) is 30.1. The molecule has 1 fully saturated rings. The number of hydrogen-bond donors (Lipinski definition) is 2. The fraction of sp³-hybridized carbons (Fsp3) is 0.259. The lowest BCUT2D eigenvalue weighted by molar-refractivity contribution is 0.0564. The molecule has 0 aliphatic carbocycles. The van der Waals surface area contributed by atoms with Gasteiger partial charge < -0.3 is 4.90 Å². The van der Waals surface area contributed by atoms with E-state index in [1.54, 1.807) is 23.8 Å². The molecular weight excluding hydrogens is 625 g/mol. The summed E-state index contributed by atoms with van der Waals surface area (Å²) in [6, 6.07) is 9.29. The van der Waals surface area contributed by atoms with Gasteiger partial charge in [0.25, 0.3) is 10.2 Å². The standard InChI is InChI=1S/C27H24ClF3N8O2S2/c28-20-13-16(29)4-5-19(20)24-23(21-7-11-39(36-21)27(30)31)22-14-18(15-38(22)25(35-24)26-33-10-12-42-26)37-43(40,41)34-9-6-17-3-1-2-8-32-17/h1-5,7-8,10-13,18,24,27,34,37H,6,9,14-15H2/t18-,24-/m0/s1. The van der Waals surface area contributed by atoms with Crippen molar-refractivity contribution in [2.75, 3.05) is 13.1 Å². The molecule has 0 unspecified atom stereocenters.